The minimum atomic E-state index is -1.79. The summed E-state index contributed by atoms with van der Waals surface area (Å²) in [6.07, 6.45) is -0.0119. The van der Waals surface area contributed by atoms with Crippen LogP contribution in [0.1, 0.15) is 46.5 Å². The van der Waals surface area contributed by atoms with Gasteiger partial charge in [0, 0.05) is 35.1 Å². The van der Waals surface area contributed by atoms with Crippen molar-refractivity contribution in [3.63, 3.8) is 0 Å². The van der Waals surface area contributed by atoms with Crippen LogP contribution in [0, 0.1) is 28.9 Å². The molecule has 6 nitrogen and oxygen atoms in total. The molecule has 4 rings (SSSR count). The van der Waals surface area contributed by atoms with Crippen LogP contribution in [0.5, 0.6) is 5.75 Å². The number of aldehydes is 1. The number of rotatable bonds is 6. The highest BCUT2D eigenvalue weighted by Crippen LogP contribution is 2.49. The maximum absolute atomic E-state index is 13.7. The number of phenolic OH excluding ortho intramolecular Hbond substituents is 1. The summed E-state index contributed by atoms with van der Waals surface area (Å²) in [7, 11) is 0. The van der Waals surface area contributed by atoms with Crippen molar-refractivity contribution >= 4 is 18.2 Å². The van der Waals surface area contributed by atoms with E-state index in [-0.39, 0.29) is 48.3 Å². The Hall–Kier alpha value is -4.51. The van der Waals surface area contributed by atoms with Gasteiger partial charge in [-0.05, 0) is 61.4 Å². The zero-order valence-electron chi connectivity index (χ0n) is 20.8. The van der Waals surface area contributed by atoms with Crippen molar-refractivity contribution < 1.29 is 37.7 Å². The molecule has 0 aromatic heterocycles. The van der Waals surface area contributed by atoms with Gasteiger partial charge in [-0.25, -0.2) is 8.78 Å². The molecule has 0 spiro atoms. The molecule has 0 heterocycles. The minimum absolute atomic E-state index is 0.0139. The molecule has 1 aliphatic rings. The number of carbonyl (C=O) groups is 3. The van der Waals surface area contributed by atoms with Crippen LogP contribution in [0.3, 0.4) is 0 Å². The van der Waals surface area contributed by atoms with Crippen molar-refractivity contribution in [2.24, 2.45) is 5.41 Å². The van der Waals surface area contributed by atoms with Crippen LogP contribution in [-0.4, -0.2) is 36.5 Å². The van der Waals surface area contributed by atoms with Crippen molar-refractivity contribution in [2.75, 3.05) is 13.2 Å². The van der Waals surface area contributed by atoms with E-state index in [2.05, 4.69) is 11.8 Å². The smallest absolute Gasteiger partial charge is 0.324 e. The largest absolute Gasteiger partial charge is 0.507 e. The van der Waals surface area contributed by atoms with Gasteiger partial charge in [-0.2, -0.15) is 0 Å². The van der Waals surface area contributed by atoms with Crippen LogP contribution < -0.4 is 0 Å². The van der Waals surface area contributed by atoms with E-state index in [1.807, 2.05) is 0 Å². The van der Waals surface area contributed by atoms with Crippen LogP contribution in [-0.2, 0) is 31.9 Å². The summed E-state index contributed by atoms with van der Waals surface area (Å²) in [4.78, 5) is 38.6. The monoisotopic (exact) mass is 518 g/mol. The number of aromatic hydroxyl groups is 1. The first-order valence-electron chi connectivity index (χ1n) is 12.0. The third-order valence-electron chi connectivity index (χ3n) is 6.44. The van der Waals surface area contributed by atoms with Gasteiger partial charge in [-0.15, -0.1) is 0 Å². The molecule has 0 aliphatic heterocycles. The number of phenols is 1. The van der Waals surface area contributed by atoms with Gasteiger partial charge < -0.3 is 14.6 Å². The van der Waals surface area contributed by atoms with Crippen LogP contribution in [0.4, 0.5) is 8.78 Å². The number of carbonyl (C=O) groups excluding carboxylic acids is 3. The Morgan fingerprint density at radius 2 is 1.42 bits per heavy atom. The van der Waals surface area contributed by atoms with Crippen molar-refractivity contribution in [2.45, 2.75) is 26.7 Å². The van der Waals surface area contributed by atoms with Crippen LogP contribution in [0.15, 0.2) is 48.5 Å². The van der Waals surface area contributed by atoms with Crippen LogP contribution in [0.2, 0.25) is 0 Å². The van der Waals surface area contributed by atoms with Gasteiger partial charge in [0.1, 0.15) is 17.4 Å². The normalized spacial score (nSPS) is 13.2. The zero-order chi connectivity index (χ0) is 27.4. The fourth-order valence-electron chi connectivity index (χ4n) is 4.66. The predicted molar refractivity (Wildman–Crippen MR) is 134 cm³/mol. The Bertz CT molecular complexity index is 1450. The van der Waals surface area contributed by atoms with Crippen LogP contribution in [0.25, 0.3) is 11.1 Å². The molecule has 1 N–H and O–H groups in total. The SMILES string of the molecule is CCOC(=O)C1(C(=O)OCC)Cc2c(O)c(C=O)c(-c3ccc(F)cc3)c(C#Cc3ccc(F)cc3)c2C1. The first kappa shape index (κ1) is 26.6. The summed E-state index contributed by atoms with van der Waals surface area (Å²) >= 11 is 0. The van der Waals surface area contributed by atoms with Gasteiger partial charge in [-0.3, -0.25) is 14.4 Å². The molecule has 0 amide bonds. The van der Waals surface area contributed by atoms with E-state index >= 15 is 0 Å². The maximum atomic E-state index is 13.7. The summed E-state index contributed by atoms with van der Waals surface area (Å²) < 4.78 is 37.6. The highest BCUT2D eigenvalue weighted by atomic mass is 19.1. The van der Waals surface area contributed by atoms with Crippen molar-refractivity contribution in [1.29, 1.82) is 0 Å². The topological polar surface area (TPSA) is 89.9 Å². The molecule has 0 bridgehead atoms. The molecule has 0 saturated carbocycles. The Morgan fingerprint density at radius 3 is 1.95 bits per heavy atom. The lowest BCUT2D eigenvalue weighted by molar-refractivity contribution is -0.171. The van der Waals surface area contributed by atoms with E-state index in [1.54, 1.807) is 13.8 Å². The number of hydrogen-bond acceptors (Lipinski definition) is 6. The summed E-state index contributed by atoms with van der Waals surface area (Å²) in [6.45, 7) is 3.24. The summed E-state index contributed by atoms with van der Waals surface area (Å²) in [6, 6.07) is 10.7. The summed E-state index contributed by atoms with van der Waals surface area (Å²) in [5, 5.41) is 11.2. The fraction of sp³-hybridized carbons (Fsp3) is 0.233. The van der Waals surface area contributed by atoms with E-state index in [0.717, 1.165) is 0 Å². The zero-order valence-corrected chi connectivity index (χ0v) is 20.8. The maximum Gasteiger partial charge on any atom is 0.324 e. The lowest BCUT2D eigenvalue weighted by Gasteiger charge is -2.24. The standard InChI is InChI=1S/C30H24F2O6/c1-3-37-28(35)30(29(36)38-4-2)15-23-22(14-7-18-5-10-20(31)11-6-18)26(19-8-12-21(32)13-9-19)25(17-33)27(34)24(23)16-30/h5-6,8-13,17,34H,3-4,15-16H2,1-2H3. The summed E-state index contributed by atoms with van der Waals surface area (Å²) in [5.41, 5.74) is -0.0148. The average Bonchev–Trinajstić information content (AvgIpc) is 3.32. The van der Waals surface area contributed by atoms with Gasteiger partial charge in [0.05, 0.1) is 18.8 Å². The van der Waals surface area contributed by atoms with Gasteiger partial charge in [0.15, 0.2) is 11.7 Å². The number of halogens is 2. The van der Waals surface area contributed by atoms with E-state index in [9.17, 15) is 28.3 Å². The van der Waals surface area contributed by atoms with E-state index in [1.165, 1.54) is 48.5 Å². The molecule has 8 heteroatoms. The lowest BCUT2D eigenvalue weighted by atomic mass is 9.84. The number of fused-ring (bicyclic) bond motifs is 1. The molecule has 194 valence electrons. The van der Waals surface area contributed by atoms with E-state index in [4.69, 9.17) is 9.47 Å². The first-order chi connectivity index (χ1) is 18.2. The van der Waals surface area contributed by atoms with Crippen molar-refractivity contribution in [3.05, 3.63) is 88.0 Å². The molecule has 0 fully saturated rings. The third-order valence-corrected chi connectivity index (χ3v) is 6.44. The Morgan fingerprint density at radius 1 is 0.895 bits per heavy atom. The second kappa shape index (κ2) is 10.9. The molecule has 3 aromatic rings. The highest BCUT2D eigenvalue weighted by molar-refractivity contribution is 6.03. The Balaban J connectivity index is 2.02. The van der Waals surface area contributed by atoms with Crippen molar-refractivity contribution in [3.8, 4) is 28.7 Å². The van der Waals surface area contributed by atoms with Gasteiger partial charge in [0.25, 0.3) is 0 Å². The average molecular weight is 519 g/mol. The molecular formula is C30H24F2O6. The minimum Gasteiger partial charge on any atom is -0.507 e. The highest BCUT2D eigenvalue weighted by Gasteiger charge is 2.55. The fourth-order valence-corrected chi connectivity index (χ4v) is 4.66. The molecule has 0 atom stereocenters. The quantitative estimate of drug-likeness (QED) is 0.219. The molecule has 0 radical (unpaired) electrons. The number of hydrogen-bond donors (Lipinski definition) is 1. The Kier molecular flexibility index (Phi) is 7.58. The number of ether oxygens (including phenoxy) is 2. The molecule has 38 heavy (non-hydrogen) atoms. The molecule has 1 aliphatic carbocycles. The molecular weight excluding hydrogens is 494 g/mol. The van der Waals surface area contributed by atoms with Gasteiger partial charge in [0.2, 0.25) is 0 Å². The second-order valence-electron chi connectivity index (χ2n) is 8.73. The lowest BCUT2D eigenvalue weighted by Crippen LogP contribution is -2.43. The van der Waals surface area contributed by atoms with E-state index in [0.29, 0.717) is 23.0 Å². The van der Waals surface area contributed by atoms with Crippen molar-refractivity contribution in [1.82, 2.24) is 0 Å². The number of benzene rings is 3. The van der Waals surface area contributed by atoms with E-state index < -0.39 is 34.7 Å². The van der Waals surface area contributed by atoms with Gasteiger partial charge in [-0.1, -0.05) is 24.0 Å². The third kappa shape index (κ3) is 4.75. The Labute approximate surface area is 218 Å². The molecule has 0 unspecified atom stereocenters. The molecule has 0 saturated heterocycles. The summed E-state index contributed by atoms with van der Waals surface area (Å²) in [5.74, 6) is 2.94. The predicted octanol–water partition coefficient (Wildman–Crippen LogP) is 4.76. The first-order valence-corrected chi connectivity index (χ1v) is 12.0. The second-order valence-corrected chi connectivity index (χ2v) is 8.73. The molecule has 3 aromatic carbocycles. The number of esters is 2. The van der Waals surface area contributed by atoms with Gasteiger partial charge >= 0.3 is 11.9 Å². The van der Waals surface area contributed by atoms with Crippen LogP contribution >= 0.6 is 0 Å².